The van der Waals surface area contributed by atoms with Crippen molar-refractivity contribution >= 4 is 0 Å². The second kappa shape index (κ2) is 5.20. The summed E-state index contributed by atoms with van der Waals surface area (Å²) in [5.41, 5.74) is 0.929. The minimum atomic E-state index is -0.442. The van der Waals surface area contributed by atoms with Crippen LogP contribution in [0, 0.1) is 5.82 Å². The topological polar surface area (TPSA) is 81.3 Å². The van der Waals surface area contributed by atoms with Crippen molar-refractivity contribution in [2.45, 2.75) is 0 Å². The van der Waals surface area contributed by atoms with Crippen LogP contribution in [0.1, 0.15) is 0 Å². The fourth-order valence-corrected chi connectivity index (χ4v) is 1.78. The molecule has 0 unspecified atom stereocenters. The predicted molar refractivity (Wildman–Crippen MR) is 71.1 cm³/mol. The fraction of sp³-hybridized carbons (Fsp3) is 0.0714. The third-order valence-corrected chi connectivity index (χ3v) is 2.81. The van der Waals surface area contributed by atoms with Gasteiger partial charge in [-0.05, 0) is 30.3 Å². The zero-order valence-corrected chi connectivity index (χ0v) is 10.9. The first-order valence-electron chi connectivity index (χ1n) is 6.00. The second-order valence-electron chi connectivity index (χ2n) is 4.17. The van der Waals surface area contributed by atoms with Crippen LogP contribution >= 0.6 is 0 Å². The average Bonchev–Trinajstić information content (AvgIpc) is 2.98. The summed E-state index contributed by atoms with van der Waals surface area (Å²) in [4.78, 5) is 8.03. The molecule has 0 saturated heterocycles. The van der Waals surface area contributed by atoms with E-state index in [-0.39, 0.29) is 17.5 Å². The summed E-state index contributed by atoms with van der Waals surface area (Å²) in [6.45, 7) is 0. The van der Waals surface area contributed by atoms with Gasteiger partial charge < -0.3 is 14.4 Å². The highest BCUT2D eigenvalue weighted by Crippen LogP contribution is 2.31. The van der Waals surface area contributed by atoms with Gasteiger partial charge in [0, 0.05) is 5.56 Å². The molecule has 0 bridgehead atoms. The number of nitrogens with zero attached hydrogens (tertiary/aromatic N) is 3. The van der Waals surface area contributed by atoms with E-state index in [0.29, 0.717) is 17.0 Å². The molecule has 0 radical (unpaired) electrons. The van der Waals surface area contributed by atoms with E-state index in [0.717, 1.165) is 6.20 Å². The Balaban J connectivity index is 1.94. The minimum Gasteiger partial charge on any atom is -0.504 e. The van der Waals surface area contributed by atoms with Crippen molar-refractivity contribution < 1.29 is 18.8 Å². The molecule has 0 aliphatic rings. The molecule has 0 atom stereocenters. The zero-order valence-electron chi connectivity index (χ0n) is 10.9. The van der Waals surface area contributed by atoms with Crippen molar-refractivity contribution in [3.63, 3.8) is 0 Å². The summed E-state index contributed by atoms with van der Waals surface area (Å²) in [6, 6.07) is 7.43. The first-order chi connectivity index (χ1) is 10.2. The number of phenols is 1. The van der Waals surface area contributed by atoms with E-state index in [4.69, 9.17) is 9.26 Å². The molecule has 1 aromatic carbocycles. The summed E-state index contributed by atoms with van der Waals surface area (Å²) in [5.74, 6) is 0.324. The number of hydrogen-bond acceptors (Lipinski definition) is 6. The molecule has 2 aromatic heterocycles. The third-order valence-electron chi connectivity index (χ3n) is 2.81. The highest BCUT2D eigenvalue weighted by atomic mass is 19.1. The molecule has 0 spiro atoms. The maximum atomic E-state index is 12.8. The predicted octanol–water partition coefficient (Wildman–Crippen LogP) is 2.65. The van der Waals surface area contributed by atoms with E-state index < -0.39 is 5.82 Å². The molecule has 1 N–H and O–H groups in total. The van der Waals surface area contributed by atoms with Gasteiger partial charge in [-0.3, -0.25) is 0 Å². The summed E-state index contributed by atoms with van der Waals surface area (Å²) in [5, 5.41) is 13.5. The van der Waals surface area contributed by atoms with Crippen LogP contribution in [0.5, 0.6) is 11.5 Å². The molecule has 0 amide bonds. The molecule has 3 aromatic rings. The first kappa shape index (κ1) is 13.0. The number of hydrogen-bond donors (Lipinski definition) is 1. The number of phenolic OH excluding ortho intramolecular Hbond substituents is 1. The number of aromatic nitrogens is 3. The van der Waals surface area contributed by atoms with Gasteiger partial charge in [-0.25, -0.2) is 9.37 Å². The first-order valence-corrected chi connectivity index (χ1v) is 6.00. The normalized spacial score (nSPS) is 10.6. The standard InChI is InChI=1S/C14H10FN3O3/c1-20-12-5-2-8(6-11(12)19)14-17-13(18-21-14)10-4-3-9(15)7-16-10/h2-7,19H,1H3. The Bertz CT molecular complexity index is 771. The smallest absolute Gasteiger partial charge is 0.258 e. The minimum absolute atomic E-state index is 0.0327. The molecule has 7 heteroatoms. The molecule has 106 valence electrons. The van der Waals surface area contributed by atoms with Crippen LogP contribution in [0.4, 0.5) is 4.39 Å². The molecule has 0 aliphatic heterocycles. The Labute approximate surface area is 118 Å². The summed E-state index contributed by atoms with van der Waals surface area (Å²) >= 11 is 0. The number of aromatic hydroxyl groups is 1. The number of ether oxygens (including phenoxy) is 1. The van der Waals surface area contributed by atoms with E-state index in [9.17, 15) is 9.50 Å². The van der Waals surface area contributed by atoms with Crippen molar-refractivity contribution in [2.75, 3.05) is 7.11 Å². The van der Waals surface area contributed by atoms with Crippen molar-refractivity contribution in [3.8, 4) is 34.5 Å². The van der Waals surface area contributed by atoms with Gasteiger partial charge in [-0.15, -0.1) is 0 Å². The molecule has 0 aliphatic carbocycles. The number of methoxy groups -OCH3 is 1. The lowest BCUT2D eigenvalue weighted by atomic mass is 10.2. The van der Waals surface area contributed by atoms with Gasteiger partial charge in [-0.2, -0.15) is 4.98 Å². The Morgan fingerprint density at radius 2 is 2.10 bits per heavy atom. The van der Waals surface area contributed by atoms with Crippen LogP contribution in [-0.2, 0) is 0 Å². The molecule has 21 heavy (non-hydrogen) atoms. The quantitative estimate of drug-likeness (QED) is 0.797. The van der Waals surface area contributed by atoms with Gasteiger partial charge in [0.1, 0.15) is 11.5 Å². The number of pyridine rings is 1. The molecular formula is C14H10FN3O3. The maximum Gasteiger partial charge on any atom is 0.258 e. The van der Waals surface area contributed by atoms with Crippen LogP contribution in [-0.4, -0.2) is 27.3 Å². The van der Waals surface area contributed by atoms with Crippen LogP contribution in [0.15, 0.2) is 41.1 Å². The van der Waals surface area contributed by atoms with E-state index in [1.54, 1.807) is 12.1 Å². The Morgan fingerprint density at radius 1 is 1.24 bits per heavy atom. The molecule has 3 rings (SSSR count). The van der Waals surface area contributed by atoms with Crippen LogP contribution in [0.3, 0.4) is 0 Å². The zero-order chi connectivity index (χ0) is 14.8. The number of benzene rings is 1. The largest absolute Gasteiger partial charge is 0.504 e. The Hall–Kier alpha value is -2.96. The number of rotatable bonds is 3. The highest BCUT2D eigenvalue weighted by molar-refractivity contribution is 5.61. The van der Waals surface area contributed by atoms with Gasteiger partial charge in [0.05, 0.1) is 13.3 Å². The third kappa shape index (κ3) is 2.53. The maximum absolute atomic E-state index is 12.8. The van der Waals surface area contributed by atoms with Gasteiger partial charge in [0.15, 0.2) is 11.5 Å². The van der Waals surface area contributed by atoms with Crippen molar-refractivity contribution in [1.82, 2.24) is 15.1 Å². The summed E-state index contributed by atoms with van der Waals surface area (Å²) < 4.78 is 22.9. The Kier molecular flexibility index (Phi) is 3.23. The lowest BCUT2D eigenvalue weighted by molar-refractivity contribution is 0.373. The van der Waals surface area contributed by atoms with Crippen molar-refractivity contribution in [1.29, 1.82) is 0 Å². The summed E-state index contributed by atoms with van der Waals surface area (Å²) in [6.07, 6.45) is 1.07. The molecular weight excluding hydrogens is 277 g/mol. The van der Waals surface area contributed by atoms with Gasteiger partial charge >= 0.3 is 0 Å². The molecule has 2 heterocycles. The fourth-order valence-electron chi connectivity index (χ4n) is 1.78. The number of halogens is 1. The van der Waals surface area contributed by atoms with E-state index >= 15 is 0 Å². The molecule has 0 saturated carbocycles. The Morgan fingerprint density at radius 3 is 2.76 bits per heavy atom. The van der Waals surface area contributed by atoms with Gasteiger partial charge in [0.25, 0.3) is 5.89 Å². The summed E-state index contributed by atoms with van der Waals surface area (Å²) in [7, 11) is 1.46. The van der Waals surface area contributed by atoms with Crippen LogP contribution < -0.4 is 4.74 Å². The van der Waals surface area contributed by atoms with E-state index in [1.807, 2.05) is 0 Å². The van der Waals surface area contributed by atoms with Crippen molar-refractivity contribution in [3.05, 3.63) is 42.3 Å². The molecule has 6 nitrogen and oxygen atoms in total. The van der Waals surface area contributed by atoms with Crippen LogP contribution in [0.25, 0.3) is 23.0 Å². The van der Waals surface area contributed by atoms with E-state index in [1.165, 1.54) is 25.3 Å². The van der Waals surface area contributed by atoms with Gasteiger partial charge in [-0.1, -0.05) is 5.16 Å². The lowest BCUT2D eigenvalue weighted by Crippen LogP contribution is -1.87. The SMILES string of the molecule is COc1ccc(-c2nc(-c3ccc(F)cn3)no2)cc1O. The monoisotopic (exact) mass is 287 g/mol. The second-order valence-corrected chi connectivity index (χ2v) is 4.17. The lowest BCUT2D eigenvalue weighted by Gasteiger charge is -2.03. The molecule has 0 fully saturated rings. The van der Waals surface area contributed by atoms with E-state index in [2.05, 4.69) is 15.1 Å². The van der Waals surface area contributed by atoms with Crippen LogP contribution in [0.2, 0.25) is 0 Å². The highest BCUT2D eigenvalue weighted by Gasteiger charge is 2.13. The van der Waals surface area contributed by atoms with Crippen molar-refractivity contribution in [2.24, 2.45) is 0 Å². The average molecular weight is 287 g/mol. The van der Waals surface area contributed by atoms with Gasteiger partial charge in [0.2, 0.25) is 5.82 Å².